The number of aromatic nitrogens is 1. The highest BCUT2D eigenvalue weighted by Crippen LogP contribution is 2.36. The maximum Gasteiger partial charge on any atom is 0.335 e. The van der Waals surface area contributed by atoms with E-state index < -0.39 is 17.8 Å². The minimum atomic E-state index is -0.823. The molecule has 0 aliphatic carbocycles. The first-order valence-corrected chi connectivity index (χ1v) is 11.1. The molecule has 1 fully saturated rings. The summed E-state index contributed by atoms with van der Waals surface area (Å²) in [6, 6.07) is 13.5. The molecule has 0 unspecified atom stereocenters. The van der Waals surface area contributed by atoms with Gasteiger partial charge in [0.1, 0.15) is 11.3 Å². The zero-order valence-corrected chi connectivity index (χ0v) is 19.5. The number of nitrogens with zero attached hydrogens (tertiary/aromatic N) is 2. The predicted octanol–water partition coefficient (Wildman–Crippen LogP) is 3.89. The molecule has 1 aromatic heterocycles. The average Bonchev–Trinajstić information content (AvgIpc) is 3.40. The van der Waals surface area contributed by atoms with Crippen molar-refractivity contribution >= 4 is 29.6 Å². The van der Waals surface area contributed by atoms with E-state index in [4.69, 9.17) is 14.2 Å². The number of fused-ring (bicyclic) bond motifs is 1. The van der Waals surface area contributed by atoms with Crippen LogP contribution >= 0.6 is 0 Å². The molecule has 2 aliphatic heterocycles. The lowest BCUT2D eigenvalue weighted by Crippen LogP contribution is -2.54. The van der Waals surface area contributed by atoms with Crippen LogP contribution in [0.15, 0.2) is 54.1 Å². The van der Waals surface area contributed by atoms with Crippen molar-refractivity contribution < 1.29 is 28.6 Å². The topological polar surface area (TPSA) is 99.1 Å². The normalized spacial score (nSPS) is 16.1. The van der Waals surface area contributed by atoms with Crippen LogP contribution in [-0.4, -0.2) is 35.8 Å². The van der Waals surface area contributed by atoms with Crippen LogP contribution < -0.4 is 24.4 Å². The summed E-state index contributed by atoms with van der Waals surface area (Å²) in [7, 11) is 0. The lowest BCUT2D eigenvalue weighted by atomic mass is 10.1. The fourth-order valence-electron chi connectivity index (χ4n) is 4.26. The molecule has 9 heteroatoms. The van der Waals surface area contributed by atoms with Crippen molar-refractivity contribution in [2.75, 3.05) is 18.3 Å². The van der Waals surface area contributed by atoms with Gasteiger partial charge in [0.05, 0.1) is 12.3 Å². The number of hydrogen-bond acceptors (Lipinski definition) is 6. The Bertz CT molecular complexity index is 1390. The van der Waals surface area contributed by atoms with E-state index in [2.05, 4.69) is 5.32 Å². The summed E-state index contributed by atoms with van der Waals surface area (Å²) in [5, 5.41) is 2.25. The fraction of sp³-hybridized carbons (Fsp3) is 0.192. The number of nitrogens with one attached hydrogen (secondary N) is 1. The van der Waals surface area contributed by atoms with Gasteiger partial charge in [0.15, 0.2) is 11.5 Å². The molecule has 35 heavy (non-hydrogen) atoms. The highest BCUT2D eigenvalue weighted by Gasteiger charge is 2.37. The Labute approximate surface area is 201 Å². The molecular formula is C26H23N3O6. The van der Waals surface area contributed by atoms with E-state index >= 15 is 0 Å². The molecule has 0 atom stereocenters. The largest absolute Gasteiger partial charge is 0.494 e. The van der Waals surface area contributed by atoms with Crippen molar-refractivity contribution in [2.45, 2.75) is 20.8 Å². The molecule has 5 rings (SSSR count). The van der Waals surface area contributed by atoms with Crippen molar-refractivity contribution in [3.63, 3.8) is 0 Å². The van der Waals surface area contributed by atoms with Crippen molar-refractivity contribution in [2.24, 2.45) is 0 Å². The number of carbonyl (C=O) groups excluding carboxylic acids is 3. The van der Waals surface area contributed by atoms with Crippen molar-refractivity contribution in [1.82, 2.24) is 9.88 Å². The van der Waals surface area contributed by atoms with E-state index in [1.807, 2.05) is 55.7 Å². The van der Waals surface area contributed by atoms with Gasteiger partial charge in [0.25, 0.3) is 11.8 Å². The van der Waals surface area contributed by atoms with E-state index in [1.54, 1.807) is 12.1 Å². The monoisotopic (exact) mass is 473 g/mol. The van der Waals surface area contributed by atoms with Crippen LogP contribution in [-0.2, 0) is 9.59 Å². The van der Waals surface area contributed by atoms with Crippen LogP contribution in [0, 0.1) is 13.8 Å². The number of aryl methyl sites for hydroxylation is 1. The predicted molar refractivity (Wildman–Crippen MR) is 128 cm³/mol. The molecule has 1 N–H and O–H groups in total. The Morgan fingerprint density at radius 3 is 2.43 bits per heavy atom. The minimum absolute atomic E-state index is 0.0620. The molecule has 2 aromatic carbocycles. The van der Waals surface area contributed by atoms with Gasteiger partial charge in [-0.15, -0.1) is 0 Å². The third kappa shape index (κ3) is 3.90. The number of amides is 4. The molecule has 4 amide bonds. The van der Waals surface area contributed by atoms with E-state index in [0.717, 1.165) is 27.7 Å². The Balaban J connectivity index is 1.50. The second-order valence-electron chi connectivity index (χ2n) is 8.08. The maximum absolute atomic E-state index is 13.3. The summed E-state index contributed by atoms with van der Waals surface area (Å²) in [5.41, 5.74) is 3.50. The lowest BCUT2D eigenvalue weighted by molar-refractivity contribution is -0.122. The van der Waals surface area contributed by atoms with Gasteiger partial charge >= 0.3 is 6.03 Å². The Hall–Kier alpha value is -4.53. The van der Waals surface area contributed by atoms with Gasteiger partial charge in [-0.2, -0.15) is 0 Å². The van der Waals surface area contributed by atoms with Crippen molar-refractivity contribution in [3.05, 3.63) is 71.1 Å². The van der Waals surface area contributed by atoms with Gasteiger partial charge in [0, 0.05) is 23.1 Å². The highest BCUT2D eigenvalue weighted by atomic mass is 16.7. The molecular weight excluding hydrogens is 450 g/mol. The maximum atomic E-state index is 13.3. The van der Waals surface area contributed by atoms with E-state index in [-0.39, 0.29) is 18.1 Å². The summed E-state index contributed by atoms with van der Waals surface area (Å²) in [6.45, 7) is 6.42. The summed E-state index contributed by atoms with van der Waals surface area (Å²) < 4.78 is 18.2. The number of hydrogen-bond donors (Lipinski definition) is 1. The average molecular weight is 473 g/mol. The van der Waals surface area contributed by atoms with Gasteiger partial charge in [-0.25, -0.2) is 9.69 Å². The van der Waals surface area contributed by atoms with Gasteiger partial charge in [0.2, 0.25) is 6.79 Å². The number of barbiturate groups is 1. The van der Waals surface area contributed by atoms with Crippen LogP contribution in [0.5, 0.6) is 17.2 Å². The summed E-state index contributed by atoms with van der Waals surface area (Å²) in [5.74, 6) is 0.252. The standard InChI is InChI=1S/C26H23N3O6/c1-4-33-20-8-5-18(6-9-20)28-15(2)11-17(16(28)3)12-21-24(30)27-26(32)29(25(21)31)19-7-10-22-23(13-19)35-14-34-22/h5-13H,4,14H2,1-3H3,(H,27,30,32)/b21-12+. The number of carbonyl (C=O) groups is 3. The third-order valence-electron chi connectivity index (χ3n) is 5.89. The molecule has 178 valence electrons. The van der Waals surface area contributed by atoms with E-state index in [1.165, 1.54) is 12.1 Å². The SMILES string of the molecule is CCOc1ccc(-n2c(C)cc(/C=C3\C(=O)NC(=O)N(c4ccc5c(c4)OCO5)C3=O)c2C)cc1. The number of benzene rings is 2. The molecule has 9 nitrogen and oxygen atoms in total. The Kier molecular flexibility index (Phi) is 5.52. The quantitative estimate of drug-likeness (QED) is 0.446. The Morgan fingerprint density at radius 1 is 0.971 bits per heavy atom. The van der Waals surface area contributed by atoms with Crippen LogP contribution in [0.25, 0.3) is 11.8 Å². The zero-order chi connectivity index (χ0) is 24.7. The van der Waals surface area contributed by atoms with Gasteiger partial charge in [-0.05, 0) is 74.9 Å². The number of urea groups is 1. The van der Waals surface area contributed by atoms with Crippen LogP contribution in [0.1, 0.15) is 23.9 Å². The second-order valence-corrected chi connectivity index (χ2v) is 8.08. The number of anilines is 1. The summed E-state index contributed by atoms with van der Waals surface area (Å²) in [6.07, 6.45) is 1.51. The first kappa shape index (κ1) is 22.3. The molecule has 2 aliphatic rings. The fourth-order valence-corrected chi connectivity index (χ4v) is 4.26. The van der Waals surface area contributed by atoms with Crippen LogP contribution in [0.4, 0.5) is 10.5 Å². The van der Waals surface area contributed by atoms with Gasteiger partial charge < -0.3 is 18.8 Å². The van der Waals surface area contributed by atoms with E-state index in [0.29, 0.717) is 23.7 Å². The van der Waals surface area contributed by atoms with E-state index in [9.17, 15) is 14.4 Å². The molecule has 0 saturated carbocycles. The highest BCUT2D eigenvalue weighted by molar-refractivity contribution is 6.39. The first-order valence-electron chi connectivity index (χ1n) is 11.1. The van der Waals surface area contributed by atoms with Crippen LogP contribution in [0.2, 0.25) is 0 Å². The molecule has 1 saturated heterocycles. The number of ether oxygens (including phenoxy) is 3. The summed E-state index contributed by atoms with van der Waals surface area (Å²) >= 11 is 0. The van der Waals surface area contributed by atoms with Crippen molar-refractivity contribution in [1.29, 1.82) is 0 Å². The zero-order valence-electron chi connectivity index (χ0n) is 19.5. The van der Waals surface area contributed by atoms with Gasteiger partial charge in [-0.3, -0.25) is 14.9 Å². The molecule has 0 bridgehead atoms. The molecule has 0 spiro atoms. The lowest BCUT2D eigenvalue weighted by Gasteiger charge is -2.26. The smallest absolute Gasteiger partial charge is 0.335 e. The molecule has 3 heterocycles. The van der Waals surface area contributed by atoms with Crippen LogP contribution in [0.3, 0.4) is 0 Å². The first-order chi connectivity index (χ1) is 16.9. The summed E-state index contributed by atoms with van der Waals surface area (Å²) in [4.78, 5) is 39.4. The molecule has 3 aromatic rings. The second kappa shape index (κ2) is 8.68. The minimum Gasteiger partial charge on any atom is -0.494 e. The molecule has 0 radical (unpaired) electrons. The number of imide groups is 2. The Morgan fingerprint density at radius 2 is 1.69 bits per heavy atom. The number of rotatable bonds is 5. The van der Waals surface area contributed by atoms with Crippen molar-refractivity contribution in [3.8, 4) is 22.9 Å². The third-order valence-corrected chi connectivity index (χ3v) is 5.89. The van der Waals surface area contributed by atoms with Gasteiger partial charge in [-0.1, -0.05) is 0 Å².